The number of nitrogens with zero attached hydrogens (tertiary/aromatic N) is 5. The third-order valence-electron chi connectivity index (χ3n) is 6.05. The molecule has 0 bridgehead atoms. The summed E-state index contributed by atoms with van der Waals surface area (Å²) in [5.74, 6) is -0.657. The zero-order valence-corrected chi connectivity index (χ0v) is 19.8. The number of aromatic hydroxyl groups is 2. The lowest BCUT2D eigenvalue weighted by Gasteiger charge is -2.34. The lowest BCUT2D eigenvalue weighted by molar-refractivity contribution is -0.402. The third kappa shape index (κ3) is 5.14. The highest BCUT2D eigenvalue weighted by Gasteiger charge is 2.20. The number of nitro groups is 1. The molecule has 1 aliphatic heterocycles. The average molecular weight is 506 g/mol. The topological polar surface area (TPSA) is 141 Å². The largest absolute Gasteiger partial charge is 0.504 e. The standard InChI is InChI=1S/C25H23FN6O5/c1-30-8-10-31(11-9-30)20-14-19-17(13-18(20)26)25(27-15-2-5-21(33)22(34)12-15)29-23(28-19)6-3-16-4-7-24(37-16)32(35)36/h2-7,12-14,33-34H,8-11H2,1H3,(H,27,28,29). The van der Waals surface area contributed by atoms with E-state index in [1.54, 1.807) is 6.07 Å². The van der Waals surface area contributed by atoms with Crippen LogP contribution in [0.1, 0.15) is 11.6 Å². The van der Waals surface area contributed by atoms with Crippen molar-refractivity contribution in [2.75, 3.05) is 43.4 Å². The van der Waals surface area contributed by atoms with Crippen LogP contribution in [0.4, 0.5) is 27.5 Å². The van der Waals surface area contributed by atoms with Crippen molar-refractivity contribution in [1.29, 1.82) is 0 Å². The molecule has 0 atom stereocenters. The molecule has 2 aromatic heterocycles. The molecule has 1 fully saturated rings. The Bertz CT molecular complexity index is 1510. The molecule has 4 aromatic rings. The van der Waals surface area contributed by atoms with Crippen LogP contribution in [0.5, 0.6) is 11.5 Å². The van der Waals surface area contributed by atoms with Gasteiger partial charge in [-0.25, -0.2) is 14.4 Å². The maximum atomic E-state index is 15.3. The summed E-state index contributed by atoms with van der Waals surface area (Å²) in [5.41, 5.74) is 1.32. The Morgan fingerprint density at radius 2 is 1.84 bits per heavy atom. The molecule has 37 heavy (non-hydrogen) atoms. The molecule has 3 heterocycles. The molecule has 2 aromatic carbocycles. The van der Waals surface area contributed by atoms with Crippen LogP contribution in [-0.4, -0.2) is 63.2 Å². The molecular formula is C25H23FN6O5. The van der Waals surface area contributed by atoms with Gasteiger partial charge in [-0.05, 0) is 49.5 Å². The molecule has 3 N–H and O–H groups in total. The lowest BCUT2D eigenvalue weighted by atomic mass is 10.1. The SMILES string of the molecule is CN1CCN(c2cc3nc(C=Cc4ccc([N+](=O)[O-])o4)nc(Nc4ccc(O)c(O)c4)c3cc2F)CC1. The van der Waals surface area contributed by atoms with Crippen molar-refractivity contribution in [3.8, 4) is 11.5 Å². The van der Waals surface area contributed by atoms with Crippen molar-refractivity contribution in [1.82, 2.24) is 14.9 Å². The fraction of sp³-hybridized carbons (Fsp3) is 0.200. The van der Waals surface area contributed by atoms with E-state index in [9.17, 15) is 20.3 Å². The number of aromatic nitrogens is 2. The highest BCUT2D eigenvalue weighted by atomic mass is 19.1. The quantitative estimate of drug-likeness (QED) is 0.150. The monoisotopic (exact) mass is 506 g/mol. The van der Waals surface area contributed by atoms with Crippen molar-refractivity contribution in [2.24, 2.45) is 0 Å². The van der Waals surface area contributed by atoms with E-state index in [2.05, 4.69) is 20.2 Å². The first-order valence-electron chi connectivity index (χ1n) is 11.4. The van der Waals surface area contributed by atoms with Gasteiger partial charge in [0, 0.05) is 43.3 Å². The molecule has 0 saturated carbocycles. The smallest absolute Gasteiger partial charge is 0.433 e. The van der Waals surface area contributed by atoms with E-state index >= 15 is 4.39 Å². The van der Waals surface area contributed by atoms with Crippen molar-refractivity contribution >= 4 is 46.1 Å². The van der Waals surface area contributed by atoms with E-state index in [0.29, 0.717) is 35.4 Å². The summed E-state index contributed by atoms with van der Waals surface area (Å²) in [5, 5.41) is 33.9. The predicted octanol–water partition coefficient (Wildman–Crippen LogP) is 4.35. The van der Waals surface area contributed by atoms with E-state index in [1.165, 1.54) is 48.6 Å². The zero-order chi connectivity index (χ0) is 26.1. The number of nitrogens with one attached hydrogen (secondary N) is 1. The van der Waals surface area contributed by atoms with E-state index < -0.39 is 10.7 Å². The third-order valence-corrected chi connectivity index (χ3v) is 6.05. The van der Waals surface area contributed by atoms with Gasteiger partial charge >= 0.3 is 5.88 Å². The van der Waals surface area contributed by atoms with Gasteiger partial charge < -0.3 is 29.7 Å². The number of hydrogen-bond donors (Lipinski definition) is 3. The van der Waals surface area contributed by atoms with Crippen LogP contribution in [0.15, 0.2) is 46.9 Å². The fourth-order valence-corrected chi connectivity index (χ4v) is 4.04. The second-order valence-electron chi connectivity index (χ2n) is 8.64. The second kappa shape index (κ2) is 9.74. The number of anilines is 3. The predicted molar refractivity (Wildman–Crippen MR) is 137 cm³/mol. The molecular weight excluding hydrogens is 483 g/mol. The van der Waals surface area contributed by atoms with Gasteiger partial charge in [-0.3, -0.25) is 10.1 Å². The normalized spacial score (nSPS) is 14.5. The van der Waals surface area contributed by atoms with Crippen LogP contribution in [0.3, 0.4) is 0 Å². The summed E-state index contributed by atoms with van der Waals surface area (Å²) in [6, 6.07) is 9.91. The molecule has 0 radical (unpaired) electrons. The van der Waals surface area contributed by atoms with Gasteiger partial charge in [0.1, 0.15) is 22.3 Å². The minimum Gasteiger partial charge on any atom is -0.504 e. The van der Waals surface area contributed by atoms with Gasteiger partial charge in [-0.1, -0.05) is 0 Å². The number of furan rings is 1. The number of phenols is 2. The number of fused-ring (bicyclic) bond motifs is 1. The van der Waals surface area contributed by atoms with E-state index in [4.69, 9.17) is 4.42 Å². The molecule has 0 spiro atoms. The lowest BCUT2D eigenvalue weighted by Crippen LogP contribution is -2.44. The number of benzene rings is 2. The number of hydrogen-bond acceptors (Lipinski definition) is 10. The number of halogens is 1. The summed E-state index contributed by atoms with van der Waals surface area (Å²) in [4.78, 5) is 23.5. The maximum Gasteiger partial charge on any atom is 0.433 e. The molecule has 190 valence electrons. The Balaban J connectivity index is 1.57. The first kappa shape index (κ1) is 24.0. The van der Waals surface area contributed by atoms with Gasteiger partial charge in [0.15, 0.2) is 17.3 Å². The van der Waals surface area contributed by atoms with Crippen molar-refractivity contribution < 1.29 is 23.9 Å². The highest BCUT2D eigenvalue weighted by molar-refractivity contribution is 5.94. The second-order valence-corrected chi connectivity index (χ2v) is 8.64. The van der Waals surface area contributed by atoms with E-state index in [1.807, 2.05) is 11.9 Å². The van der Waals surface area contributed by atoms with Gasteiger partial charge in [0.25, 0.3) is 0 Å². The number of phenolic OH excluding ortho intramolecular Hbond substituents is 2. The molecule has 0 amide bonds. The maximum absolute atomic E-state index is 15.3. The number of piperazine rings is 1. The molecule has 0 unspecified atom stereocenters. The molecule has 1 saturated heterocycles. The highest BCUT2D eigenvalue weighted by Crippen LogP contribution is 2.33. The number of likely N-dealkylation sites (N-methyl/N-ethyl adjacent to an activating group) is 1. The first-order chi connectivity index (χ1) is 17.8. The summed E-state index contributed by atoms with van der Waals surface area (Å²) in [6.45, 7) is 2.96. The molecule has 12 heteroatoms. The van der Waals surface area contributed by atoms with Gasteiger partial charge in [-0.2, -0.15) is 0 Å². The van der Waals surface area contributed by atoms with Gasteiger partial charge in [0.2, 0.25) is 0 Å². The zero-order valence-electron chi connectivity index (χ0n) is 19.8. The molecule has 11 nitrogen and oxygen atoms in total. The number of rotatable bonds is 6. The van der Waals surface area contributed by atoms with Crippen LogP contribution in [0.2, 0.25) is 0 Å². The Labute approximate surface area is 210 Å². The minimum atomic E-state index is -0.632. The summed E-state index contributed by atoms with van der Waals surface area (Å²) >= 11 is 0. The van der Waals surface area contributed by atoms with Crippen LogP contribution in [0, 0.1) is 15.9 Å². The van der Waals surface area contributed by atoms with Gasteiger partial charge in [-0.15, -0.1) is 0 Å². The van der Waals surface area contributed by atoms with E-state index in [-0.39, 0.29) is 34.8 Å². The molecule has 5 rings (SSSR count). The van der Waals surface area contributed by atoms with Crippen LogP contribution in [-0.2, 0) is 0 Å². The Morgan fingerprint density at radius 1 is 1.05 bits per heavy atom. The Morgan fingerprint density at radius 3 is 2.54 bits per heavy atom. The minimum absolute atomic E-state index is 0.241. The average Bonchev–Trinajstić information content (AvgIpc) is 3.35. The van der Waals surface area contributed by atoms with Gasteiger partial charge in [0.05, 0.1) is 17.3 Å². The Hall–Kier alpha value is -4.71. The summed E-state index contributed by atoms with van der Waals surface area (Å²) in [6.07, 6.45) is 3.02. The van der Waals surface area contributed by atoms with Crippen molar-refractivity contribution in [2.45, 2.75) is 0 Å². The summed E-state index contributed by atoms with van der Waals surface area (Å²) < 4.78 is 20.4. The van der Waals surface area contributed by atoms with Crippen LogP contribution >= 0.6 is 0 Å². The fourth-order valence-electron chi connectivity index (χ4n) is 4.04. The Kier molecular flexibility index (Phi) is 6.32. The summed E-state index contributed by atoms with van der Waals surface area (Å²) in [7, 11) is 2.02. The first-order valence-corrected chi connectivity index (χ1v) is 11.4. The molecule has 1 aliphatic rings. The van der Waals surface area contributed by atoms with Crippen LogP contribution < -0.4 is 10.2 Å². The molecule has 0 aliphatic carbocycles. The van der Waals surface area contributed by atoms with Crippen molar-refractivity contribution in [3.05, 3.63) is 70.0 Å². The van der Waals surface area contributed by atoms with E-state index in [0.717, 1.165) is 13.1 Å². The van der Waals surface area contributed by atoms with Crippen molar-refractivity contribution in [3.63, 3.8) is 0 Å². The van der Waals surface area contributed by atoms with Crippen LogP contribution in [0.25, 0.3) is 23.1 Å².